The van der Waals surface area contributed by atoms with E-state index in [1.807, 2.05) is 0 Å². The monoisotopic (exact) mass is 169 g/mol. The second-order valence-electron chi connectivity index (χ2n) is 3.51. The highest BCUT2D eigenvalue weighted by Gasteiger charge is 2.25. The van der Waals surface area contributed by atoms with Gasteiger partial charge in [-0.15, -0.1) is 0 Å². The molecule has 1 fully saturated rings. The second-order valence-corrected chi connectivity index (χ2v) is 3.51. The Bertz CT molecular complexity index is 174. The van der Waals surface area contributed by atoms with E-state index in [2.05, 4.69) is 19.9 Å². The molecule has 3 nitrogen and oxygen atoms in total. The summed E-state index contributed by atoms with van der Waals surface area (Å²) in [6, 6.07) is 2.08. The van der Waals surface area contributed by atoms with Crippen LogP contribution in [0.4, 0.5) is 0 Å². The zero-order chi connectivity index (χ0) is 8.97. The van der Waals surface area contributed by atoms with Gasteiger partial charge in [-0.25, -0.2) is 0 Å². The van der Waals surface area contributed by atoms with Gasteiger partial charge in [0, 0.05) is 6.42 Å². The quantitative estimate of drug-likeness (QED) is 0.645. The van der Waals surface area contributed by atoms with Crippen LogP contribution in [0.1, 0.15) is 26.7 Å². The molecule has 3 heteroatoms. The molecule has 0 spiro atoms. The van der Waals surface area contributed by atoms with Crippen LogP contribution in [0.25, 0.3) is 0 Å². The van der Waals surface area contributed by atoms with Gasteiger partial charge in [0.05, 0.1) is 25.2 Å². The summed E-state index contributed by atoms with van der Waals surface area (Å²) in [5.74, 6) is 0.579. The molecular weight excluding hydrogens is 154 g/mol. The zero-order valence-electron chi connectivity index (χ0n) is 7.62. The highest BCUT2D eigenvalue weighted by molar-refractivity contribution is 4.79. The van der Waals surface area contributed by atoms with Crippen LogP contribution in [-0.4, -0.2) is 19.0 Å². The van der Waals surface area contributed by atoms with Gasteiger partial charge in [-0.05, 0) is 5.92 Å². The first-order chi connectivity index (χ1) is 5.72. The van der Waals surface area contributed by atoms with Gasteiger partial charge in [0.25, 0.3) is 0 Å². The Morgan fingerprint density at radius 1 is 1.58 bits per heavy atom. The third-order valence-electron chi connectivity index (χ3n) is 1.80. The highest BCUT2D eigenvalue weighted by atomic mass is 16.7. The standard InChI is InChI=1S/C9H15NO2/c1-7(2)5-9-11-6-8(12-9)3-4-10/h7-9H,3,5-6H2,1-2H3. The number of ether oxygens (including phenoxy) is 2. The average Bonchev–Trinajstić information content (AvgIpc) is 2.36. The van der Waals surface area contributed by atoms with Gasteiger partial charge in [-0.3, -0.25) is 0 Å². The largest absolute Gasteiger partial charge is 0.350 e. The third-order valence-corrected chi connectivity index (χ3v) is 1.80. The van der Waals surface area contributed by atoms with Crippen LogP contribution in [0.2, 0.25) is 0 Å². The first-order valence-electron chi connectivity index (χ1n) is 4.36. The first kappa shape index (κ1) is 9.50. The molecule has 0 saturated carbocycles. The summed E-state index contributed by atoms with van der Waals surface area (Å²) in [5, 5.41) is 8.41. The van der Waals surface area contributed by atoms with E-state index in [9.17, 15) is 0 Å². The Morgan fingerprint density at radius 3 is 2.92 bits per heavy atom. The van der Waals surface area contributed by atoms with Gasteiger partial charge in [0.2, 0.25) is 0 Å². The first-order valence-corrected chi connectivity index (χ1v) is 4.36. The molecule has 0 aromatic rings. The van der Waals surface area contributed by atoms with Crippen molar-refractivity contribution in [1.82, 2.24) is 0 Å². The van der Waals surface area contributed by atoms with E-state index < -0.39 is 0 Å². The molecular formula is C9H15NO2. The Balaban J connectivity index is 2.22. The van der Waals surface area contributed by atoms with Crippen molar-refractivity contribution >= 4 is 0 Å². The average molecular weight is 169 g/mol. The second kappa shape index (κ2) is 4.44. The maximum absolute atomic E-state index is 8.41. The third kappa shape index (κ3) is 2.80. The Morgan fingerprint density at radius 2 is 2.33 bits per heavy atom. The predicted octanol–water partition coefficient (Wildman–Crippen LogP) is 1.69. The summed E-state index contributed by atoms with van der Waals surface area (Å²) in [6.45, 7) is 4.83. The van der Waals surface area contributed by atoms with Crippen LogP contribution in [0.15, 0.2) is 0 Å². The molecule has 1 aliphatic heterocycles. The summed E-state index contributed by atoms with van der Waals surface area (Å²) in [4.78, 5) is 0. The van der Waals surface area contributed by atoms with E-state index in [-0.39, 0.29) is 12.4 Å². The normalized spacial score (nSPS) is 29.2. The van der Waals surface area contributed by atoms with Crippen molar-refractivity contribution in [3.63, 3.8) is 0 Å². The van der Waals surface area contributed by atoms with Crippen molar-refractivity contribution in [2.75, 3.05) is 6.61 Å². The molecule has 2 unspecified atom stereocenters. The molecule has 12 heavy (non-hydrogen) atoms. The van der Waals surface area contributed by atoms with E-state index >= 15 is 0 Å². The topological polar surface area (TPSA) is 42.2 Å². The summed E-state index contributed by atoms with van der Waals surface area (Å²) in [6.07, 6.45) is 1.28. The highest BCUT2D eigenvalue weighted by Crippen LogP contribution is 2.19. The van der Waals surface area contributed by atoms with Crippen molar-refractivity contribution in [3.05, 3.63) is 0 Å². The molecule has 68 valence electrons. The van der Waals surface area contributed by atoms with Gasteiger partial charge in [0.1, 0.15) is 0 Å². The maximum atomic E-state index is 8.41. The van der Waals surface area contributed by atoms with Crippen LogP contribution >= 0.6 is 0 Å². The molecule has 0 amide bonds. The fourth-order valence-electron chi connectivity index (χ4n) is 1.23. The van der Waals surface area contributed by atoms with E-state index in [0.717, 1.165) is 6.42 Å². The molecule has 0 N–H and O–H groups in total. The van der Waals surface area contributed by atoms with Crippen molar-refractivity contribution in [3.8, 4) is 6.07 Å². The van der Waals surface area contributed by atoms with Gasteiger partial charge >= 0.3 is 0 Å². The van der Waals surface area contributed by atoms with E-state index in [1.54, 1.807) is 0 Å². The fraction of sp³-hybridized carbons (Fsp3) is 0.889. The summed E-state index contributed by atoms with van der Waals surface area (Å²) >= 11 is 0. The summed E-state index contributed by atoms with van der Waals surface area (Å²) in [5.41, 5.74) is 0. The maximum Gasteiger partial charge on any atom is 0.158 e. The number of nitrogens with zero attached hydrogens (tertiary/aromatic N) is 1. The lowest BCUT2D eigenvalue weighted by Gasteiger charge is -2.11. The minimum absolute atomic E-state index is 0.00116. The number of hydrogen-bond acceptors (Lipinski definition) is 3. The lowest BCUT2D eigenvalue weighted by atomic mass is 10.1. The molecule has 0 aromatic heterocycles. The van der Waals surface area contributed by atoms with Crippen LogP contribution in [0.5, 0.6) is 0 Å². The van der Waals surface area contributed by atoms with Gasteiger partial charge in [0.15, 0.2) is 6.29 Å². The molecule has 1 heterocycles. The zero-order valence-corrected chi connectivity index (χ0v) is 7.62. The molecule has 1 rings (SSSR count). The van der Waals surface area contributed by atoms with Gasteiger partial charge in [-0.2, -0.15) is 5.26 Å². The van der Waals surface area contributed by atoms with Crippen molar-refractivity contribution in [2.24, 2.45) is 5.92 Å². The number of nitriles is 1. The van der Waals surface area contributed by atoms with Crippen LogP contribution in [0, 0.1) is 17.2 Å². The molecule has 1 saturated heterocycles. The lowest BCUT2D eigenvalue weighted by molar-refractivity contribution is -0.0680. The number of hydrogen-bond donors (Lipinski definition) is 0. The Kier molecular flexibility index (Phi) is 3.51. The molecule has 0 bridgehead atoms. The molecule has 0 aliphatic carbocycles. The fourth-order valence-corrected chi connectivity index (χ4v) is 1.23. The minimum atomic E-state index is -0.0802. The van der Waals surface area contributed by atoms with Crippen LogP contribution in [0.3, 0.4) is 0 Å². The van der Waals surface area contributed by atoms with Crippen molar-refractivity contribution < 1.29 is 9.47 Å². The molecule has 0 radical (unpaired) electrons. The summed E-state index contributed by atoms with van der Waals surface area (Å²) < 4.78 is 10.8. The number of rotatable bonds is 3. The summed E-state index contributed by atoms with van der Waals surface area (Å²) in [7, 11) is 0. The molecule has 2 atom stereocenters. The SMILES string of the molecule is CC(C)CC1OCC(CC#N)O1. The Hall–Kier alpha value is -0.590. The smallest absolute Gasteiger partial charge is 0.158 e. The minimum Gasteiger partial charge on any atom is -0.350 e. The van der Waals surface area contributed by atoms with E-state index in [1.165, 1.54) is 0 Å². The van der Waals surface area contributed by atoms with Crippen molar-refractivity contribution in [2.45, 2.75) is 39.1 Å². The predicted molar refractivity (Wildman–Crippen MR) is 44.3 cm³/mol. The van der Waals surface area contributed by atoms with Gasteiger partial charge < -0.3 is 9.47 Å². The Labute approximate surface area is 73.3 Å². The van der Waals surface area contributed by atoms with Crippen LogP contribution < -0.4 is 0 Å². The molecule has 1 aliphatic rings. The molecule has 0 aromatic carbocycles. The van der Waals surface area contributed by atoms with Crippen molar-refractivity contribution in [1.29, 1.82) is 5.26 Å². The van der Waals surface area contributed by atoms with E-state index in [0.29, 0.717) is 18.9 Å². The van der Waals surface area contributed by atoms with Crippen LogP contribution in [-0.2, 0) is 9.47 Å². The van der Waals surface area contributed by atoms with E-state index in [4.69, 9.17) is 14.7 Å². The van der Waals surface area contributed by atoms with Gasteiger partial charge in [-0.1, -0.05) is 13.8 Å². The lowest BCUT2D eigenvalue weighted by Crippen LogP contribution is -2.13.